The van der Waals surface area contributed by atoms with Gasteiger partial charge < -0.3 is 0 Å². The van der Waals surface area contributed by atoms with Crippen molar-refractivity contribution >= 4 is 0 Å². The number of rotatable bonds is 4. The molecule has 0 heterocycles. The highest BCUT2D eigenvalue weighted by molar-refractivity contribution is 5.15. The molecule has 0 aliphatic carbocycles. The second-order valence-electron chi connectivity index (χ2n) is 7.05. The van der Waals surface area contributed by atoms with Crippen LogP contribution in [0.2, 0.25) is 0 Å². The Hall–Kier alpha value is -3.96. The maximum absolute atomic E-state index is 11.7. The first-order valence-electron chi connectivity index (χ1n) is 17.1. The fourth-order valence-corrected chi connectivity index (χ4v) is 2.27. The van der Waals surface area contributed by atoms with Crippen LogP contribution in [0, 0.1) is 0 Å². The van der Waals surface area contributed by atoms with Crippen molar-refractivity contribution in [1.82, 2.24) is 0 Å². The fraction of sp³-hybridized carbons (Fsp3) is 0.429. The Balaban J connectivity index is -0.0000000610. The number of alkyl halides is 12. The van der Waals surface area contributed by atoms with E-state index in [1.807, 2.05) is 128 Å². The van der Waals surface area contributed by atoms with E-state index in [9.17, 15) is 52.7 Å². The monoisotopic (exact) mass is 798 g/mol. The van der Waals surface area contributed by atoms with Crippen LogP contribution < -0.4 is 0 Å². The zero-order valence-corrected chi connectivity index (χ0v) is 33.7. The third-order valence-electron chi connectivity index (χ3n) is 3.99. The van der Waals surface area contributed by atoms with Gasteiger partial charge in [-0.3, -0.25) is 8.78 Å². The maximum Gasteiger partial charge on any atom is 0.229 e. The van der Waals surface area contributed by atoms with E-state index < -0.39 is 20.8 Å². The Labute approximate surface area is 319 Å². The van der Waals surface area contributed by atoms with Gasteiger partial charge in [0.1, 0.15) is 26.7 Å². The summed E-state index contributed by atoms with van der Waals surface area (Å²) < 4.78 is 124. The molecule has 0 radical (unpaired) electrons. The van der Waals surface area contributed by atoms with Crippen molar-refractivity contribution in [2.24, 2.45) is 0 Å². The molecule has 4 rings (SSSR count). The van der Waals surface area contributed by atoms with Crippen molar-refractivity contribution in [1.29, 1.82) is 0 Å². The van der Waals surface area contributed by atoms with Gasteiger partial charge in [0.05, 0.1) is 13.9 Å². The van der Waals surface area contributed by atoms with Crippen LogP contribution in [0.3, 0.4) is 0 Å². The molecule has 0 spiro atoms. The van der Waals surface area contributed by atoms with Gasteiger partial charge in [-0.05, 0) is 29.2 Å². The van der Waals surface area contributed by atoms with Crippen LogP contribution in [-0.2, 0) is 26.7 Å². The number of hydrogen-bond acceptors (Lipinski definition) is 0. The quantitative estimate of drug-likeness (QED) is 0.180. The molecule has 0 fully saturated rings. The van der Waals surface area contributed by atoms with Gasteiger partial charge in [-0.25, -0.2) is 43.9 Å². The van der Waals surface area contributed by atoms with Crippen molar-refractivity contribution in [3.8, 4) is 0 Å². The molecule has 54 heavy (non-hydrogen) atoms. The summed E-state index contributed by atoms with van der Waals surface area (Å²) in [6, 6.07) is 36.2. The van der Waals surface area contributed by atoms with E-state index in [0.29, 0.717) is 7.18 Å². The minimum absolute atomic E-state index is 0.250. The minimum Gasteiger partial charge on any atom is -0.255 e. The van der Waals surface area contributed by atoms with E-state index in [1.54, 1.807) is 48.5 Å². The van der Waals surface area contributed by atoms with E-state index in [1.165, 1.54) is 6.92 Å². The lowest BCUT2D eigenvalue weighted by atomic mass is 10.2. The molecule has 0 bridgehead atoms. The average molecular weight is 799 g/mol. The zero-order valence-electron chi connectivity index (χ0n) is 33.7. The van der Waals surface area contributed by atoms with Gasteiger partial charge >= 0.3 is 0 Å². The van der Waals surface area contributed by atoms with E-state index in [-0.39, 0.29) is 33.4 Å². The zero-order chi connectivity index (χ0) is 44.1. The molecule has 0 nitrogen and oxygen atoms in total. The third kappa shape index (κ3) is 81.8. The lowest BCUT2D eigenvalue weighted by Crippen LogP contribution is -1.72. The van der Waals surface area contributed by atoms with Crippen molar-refractivity contribution in [3.63, 3.8) is 0 Å². The molecule has 4 aromatic carbocycles. The summed E-state index contributed by atoms with van der Waals surface area (Å²) in [6.45, 7) is 10.5. The van der Waals surface area contributed by atoms with Gasteiger partial charge in [-0.15, -0.1) is 0 Å². The maximum atomic E-state index is 11.7. The lowest BCUT2D eigenvalue weighted by Gasteiger charge is -1.87. The summed E-state index contributed by atoms with van der Waals surface area (Å²) in [5.74, 6) is 0. The van der Waals surface area contributed by atoms with Gasteiger partial charge in [-0.1, -0.05) is 177 Å². The van der Waals surface area contributed by atoms with Gasteiger partial charge in [0.25, 0.3) is 0 Å². The van der Waals surface area contributed by atoms with Crippen LogP contribution in [0.25, 0.3) is 0 Å². The normalized spacial score (nSPS) is 7.30. The predicted molar refractivity (Wildman–Crippen MR) is 210 cm³/mol. The molecule has 0 unspecified atom stereocenters. The summed E-state index contributed by atoms with van der Waals surface area (Å²) in [4.78, 5) is 0. The van der Waals surface area contributed by atoms with Crippen LogP contribution in [0.1, 0.15) is 84.6 Å². The van der Waals surface area contributed by atoms with Gasteiger partial charge in [0.2, 0.25) is 20.8 Å². The third-order valence-corrected chi connectivity index (χ3v) is 3.99. The highest BCUT2D eigenvalue weighted by Crippen LogP contribution is 2.00. The van der Waals surface area contributed by atoms with Gasteiger partial charge in [0, 0.05) is 0 Å². The van der Waals surface area contributed by atoms with Crippen molar-refractivity contribution in [3.05, 3.63) is 144 Å². The standard InChI is InChI=1S/4C7H7F.C2H5F.4C2H6.3CH2F2.CH3F/c4*8-6-7-4-2-1-3-5-7;1-2-3;4*1-2;3*2-1-3;1-2/h4*1-5H,6H2;2H2,1H3;4*1-2H3;3*1H2;1H3. The topological polar surface area (TPSA) is 0 Å². The van der Waals surface area contributed by atoms with Crippen LogP contribution in [0.4, 0.5) is 52.7 Å². The predicted octanol–water partition coefficient (Wildman–Crippen LogP) is 16.9. The molecule has 12 heteroatoms. The summed E-state index contributed by atoms with van der Waals surface area (Å²) in [6.07, 6.45) is 0. The van der Waals surface area contributed by atoms with Gasteiger partial charge in [-0.2, -0.15) is 0 Å². The van der Waals surface area contributed by atoms with Crippen LogP contribution in [0.15, 0.2) is 121 Å². The lowest BCUT2D eigenvalue weighted by molar-refractivity contribution is 0.295. The Bertz CT molecular complexity index is 819. The van der Waals surface area contributed by atoms with E-state index in [0.717, 1.165) is 22.3 Å². The number of hydrogen-bond donors (Lipinski definition) is 0. The fourth-order valence-electron chi connectivity index (χ4n) is 2.27. The first kappa shape index (κ1) is 71.5. The number of benzene rings is 4. The van der Waals surface area contributed by atoms with Crippen LogP contribution in [0.5, 0.6) is 0 Å². The molecular formula is C42H66F12. The minimum atomic E-state index is -1.75. The molecule has 0 N–H and O–H groups in total. The molecule has 0 saturated heterocycles. The second kappa shape index (κ2) is 87.1. The van der Waals surface area contributed by atoms with Crippen LogP contribution >= 0.6 is 0 Å². The molecule has 0 atom stereocenters. The Morgan fingerprint density at radius 1 is 0.278 bits per heavy atom. The summed E-state index contributed by atoms with van der Waals surface area (Å²) in [7, 11) is 0.500. The molecule has 0 aliphatic rings. The molecule has 0 saturated carbocycles. The Kier molecular flexibility index (Phi) is 115. The molecule has 318 valence electrons. The summed E-state index contributed by atoms with van der Waals surface area (Å²) in [5, 5.41) is 0. The largest absolute Gasteiger partial charge is 0.255 e. The Morgan fingerprint density at radius 2 is 0.370 bits per heavy atom. The van der Waals surface area contributed by atoms with E-state index >= 15 is 0 Å². The van der Waals surface area contributed by atoms with Gasteiger partial charge in [0.15, 0.2) is 0 Å². The SMILES string of the molecule is CC.CC.CC.CC.CCF.CF.FCF.FCF.FCF.FCc1ccccc1.FCc1ccccc1.FCc1ccccc1.FCc1ccccc1. The van der Waals surface area contributed by atoms with Crippen molar-refractivity contribution < 1.29 is 52.7 Å². The van der Waals surface area contributed by atoms with Crippen LogP contribution in [-0.4, -0.2) is 34.6 Å². The Morgan fingerprint density at radius 3 is 0.426 bits per heavy atom. The van der Waals surface area contributed by atoms with E-state index in [2.05, 4.69) is 0 Å². The smallest absolute Gasteiger partial charge is 0.229 e. The molecule has 4 aromatic rings. The highest BCUT2D eigenvalue weighted by Gasteiger charge is 1.85. The highest BCUT2D eigenvalue weighted by atomic mass is 19.3. The second-order valence-corrected chi connectivity index (χ2v) is 7.05. The molecule has 0 amide bonds. The number of halogens is 12. The first-order chi connectivity index (χ1) is 26.4. The summed E-state index contributed by atoms with van der Waals surface area (Å²) >= 11 is 0. The molecule has 0 aromatic heterocycles. The van der Waals surface area contributed by atoms with E-state index in [4.69, 9.17) is 0 Å². The van der Waals surface area contributed by atoms with Crippen molar-refractivity contribution in [2.45, 2.75) is 89.0 Å². The first-order valence-corrected chi connectivity index (χ1v) is 17.1. The molecular weight excluding hydrogens is 732 g/mol. The van der Waals surface area contributed by atoms with Crippen molar-refractivity contribution in [2.75, 3.05) is 34.6 Å². The molecule has 0 aliphatic heterocycles. The summed E-state index contributed by atoms with van der Waals surface area (Å²) in [5.41, 5.74) is 2.97. The average Bonchev–Trinajstić information content (AvgIpc) is 3.27.